The molecule has 1 saturated heterocycles. The molecule has 1 unspecified atom stereocenters. The molecule has 1 heterocycles. The Kier molecular flexibility index (Phi) is 4.47. The molecule has 19 heavy (non-hydrogen) atoms. The molecule has 1 aliphatic heterocycles. The Labute approximate surface area is 111 Å². The van der Waals surface area contributed by atoms with Gasteiger partial charge >= 0.3 is 0 Å². The van der Waals surface area contributed by atoms with Crippen LogP contribution in [-0.2, 0) is 0 Å². The summed E-state index contributed by atoms with van der Waals surface area (Å²) in [6.45, 7) is 4.52. The molecule has 1 amide bonds. The van der Waals surface area contributed by atoms with E-state index in [2.05, 4.69) is 17.1 Å². The molecule has 0 spiro atoms. The number of rotatable bonds is 4. The van der Waals surface area contributed by atoms with Gasteiger partial charge in [-0.3, -0.25) is 9.69 Å². The van der Waals surface area contributed by atoms with Gasteiger partial charge in [0, 0.05) is 12.6 Å². The lowest BCUT2D eigenvalue weighted by atomic mass is 10.1. The van der Waals surface area contributed by atoms with E-state index in [1.807, 2.05) is 0 Å². The van der Waals surface area contributed by atoms with Gasteiger partial charge in [0.15, 0.2) is 0 Å². The number of hydrogen-bond acceptors (Lipinski definition) is 2. The van der Waals surface area contributed by atoms with Crippen molar-refractivity contribution in [1.29, 1.82) is 0 Å². The molecule has 1 N–H and O–H groups in total. The number of benzene rings is 1. The van der Waals surface area contributed by atoms with Crippen molar-refractivity contribution in [3.8, 4) is 0 Å². The first kappa shape index (κ1) is 13.9. The maximum Gasteiger partial charge on any atom is 0.254 e. The molecule has 1 fully saturated rings. The molecule has 0 aromatic heterocycles. The van der Waals surface area contributed by atoms with Crippen LogP contribution >= 0.6 is 0 Å². The number of likely N-dealkylation sites (N-methyl/N-ethyl adjacent to an activating group) is 1. The molecular formula is C14H18F2N2O. The van der Waals surface area contributed by atoms with Crippen LogP contribution in [0.3, 0.4) is 0 Å². The average molecular weight is 268 g/mol. The van der Waals surface area contributed by atoms with Crippen LogP contribution in [0, 0.1) is 11.6 Å². The van der Waals surface area contributed by atoms with Gasteiger partial charge in [0.05, 0.1) is 5.56 Å². The van der Waals surface area contributed by atoms with E-state index in [9.17, 15) is 13.6 Å². The van der Waals surface area contributed by atoms with Crippen LogP contribution in [-0.4, -0.2) is 36.5 Å². The highest BCUT2D eigenvalue weighted by molar-refractivity contribution is 5.94. The molecule has 5 heteroatoms. The van der Waals surface area contributed by atoms with Gasteiger partial charge in [-0.05, 0) is 44.1 Å². The lowest BCUT2D eigenvalue weighted by Gasteiger charge is -2.22. The van der Waals surface area contributed by atoms with Gasteiger partial charge in [0.25, 0.3) is 5.91 Å². The minimum atomic E-state index is -0.697. The second-order valence-electron chi connectivity index (χ2n) is 4.76. The van der Waals surface area contributed by atoms with Crippen LogP contribution in [0.15, 0.2) is 18.2 Å². The Morgan fingerprint density at radius 2 is 2.26 bits per heavy atom. The van der Waals surface area contributed by atoms with Crippen molar-refractivity contribution in [2.45, 2.75) is 25.8 Å². The number of likely N-dealkylation sites (tertiary alicyclic amines) is 1. The quantitative estimate of drug-likeness (QED) is 0.907. The van der Waals surface area contributed by atoms with E-state index in [4.69, 9.17) is 0 Å². The van der Waals surface area contributed by atoms with Crippen LogP contribution in [0.4, 0.5) is 8.78 Å². The summed E-state index contributed by atoms with van der Waals surface area (Å²) in [4.78, 5) is 14.1. The minimum absolute atomic E-state index is 0.235. The molecule has 3 nitrogen and oxygen atoms in total. The first-order valence-corrected chi connectivity index (χ1v) is 6.59. The van der Waals surface area contributed by atoms with Gasteiger partial charge in [-0.25, -0.2) is 8.78 Å². The van der Waals surface area contributed by atoms with E-state index in [-0.39, 0.29) is 5.56 Å². The van der Waals surface area contributed by atoms with Crippen molar-refractivity contribution in [3.05, 3.63) is 35.4 Å². The molecule has 0 radical (unpaired) electrons. The highest BCUT2D eigenvalue weighted by atomic mass is 19.1. The number of halogens is 2. The maximum absolute atomic E-state index is 13.4. The summed E-state index contributed by atoms with van der Waals surface area (Å²) in [5.74, 6) is -1.86. The molecule has 0 saturated carbocycles. The second kappa shape index (κ2) is 6.10. The van der Waals surface area contributed by atoms with Crippen molar-refractivity contribution in [3.63, 3.8) is 0 Å². The highest BCUT2D eigenvalue weighted by Crippen LogP contribution is 2.16. The van der Waals surface area contributed by atoms with Crippen molar-refractivity contribution in [2.24, 2.45) is 0 Å². The number of nitrogens with zero attached hydrogens (tertiary/aromatic N) is 1. The molecule has 0 aliphatic carbocycles. The molecule has 2 rings (SSSR count). The molecule has 1 aliphatic rings. The zero-order valence-electron chi connectivity index (χ0n) is 11.0. The number of amides is 1. The van der Waals surface area contributed by atoms with Crippen LogP contribution in [0.1, 0.15) is 30.1 Å². The van der Waals surface area contributed by atoms with Crippen molar-refractivity contribution < 1.29 is 13.6 Å². The Balaban J connectivity index is 1.96. The standard InChI is InChI=1S/C14H18F2N2O/c1-2-18-7-3-4-11(18)9-17-14(19)12-8-10(15)5-6-13(12)16/h5-6,8,11H,2-4,7,9H2,1H3,(H,17,19). The first-order valence-electron chi connectivity index (χ1n) is 6.59. The van der Waals surface area contributed by atoms with Crippen LogP contribution in [0.2, 0.25) is 0 Å². The summed E-state index contributed by atoms with van der Waals surface area (Å²) in [6, 6.07) is 3.20. The van der Waals surface area contributed by atoms with E-state index < -0.39 is 17.5 Å². The molecule has 1 aromatic rings. The average Bonchev–Trinajstić information content (AvgIpc) is 2.86. The largest absolute Gasteiger partial charge is 0.350 e. The summed E-state index contributed by atoms with van der Waals surface area (Å²) in [5, 5.41) is 2.69. The number of carbonyl (C=O) groups excluding carboxylic acids is 1. The van der Waals surface area contributed by atoms with Gasteiger partial charge in [0.2, 0.25) is 0 Å². The minimum Gasteiger partial charge on any atom is -0.350 e. The van der Waals surface area contributed by atoms with Crippen molar-refractivity contribution in [1.82, 2.24) is 10.2 Å². The topological polar surface area (TPSA) is 32.3 Å². The highest BCUT2D eigenvalue weighted by Gasteiger charge is 2.23. The molecule has 104 valence electrons. The Bertz CT molecular complexity index is 465. The molecule has 1 atom stereocenters. The second-order valence-corrected chi connectivity index (χ2v) is 4.76. The van der Waals surface area contributed by atoms with Crippen molar-refractivity contribution >= 4 is 5.91 Å². The van der Waals surface area contributed by atoms with E-state index in [0.29, 0.717) is 12.6 Å². The van der Waals surface area contributed by atoms with Gasteiger partial charge in [-0.1, -0.05) is 6.92 Å². The number of carbonyl (C=O) groups is 1. The Hall–Kier alpha value is -1.49. The number of hydrogen-bond donors (Lipinski definition) is 1. The lowest BCUT2D eigenvalue weighted by Crippen LogP contribution is -2.40. The van der Waals surface area contributed by atoms with Gasteiger partial charge in [-0.15, -0.1) is 0 Å². The van der Waals surface area contributed by atoms with Gasteiger partial charge in [-0.2, -0.15) is 0 Å². The predicted molar refractivity (Wildman–Crippen MR) is 69.0 cm³/mol. The van der Waals surface area contributed by atoms with Crippen molar-refractivity contribution in [2.75, 3.05) is 19.6 Å². The Morgan fingerprint density at radius 1 is 1.47 bits per heavy atom. The van der Waals surface area contributed by atoms with E-state index in [1.165, 1.54) is 0 Å². The monoisotopic (exact) mass is 268 g/mol. The fourth-order valence-corrected chi connectivity index (χ4v) is 2.52. The summed E-state index contributed by atoms with van der Waals surface area (Å²) in [5.41, 5.74) is -0.235. The summed E-state index contributed by atoms with van der Waals surface area (Å²) < 4.78 is 26.4. The third-order valence-electron chi connectivity index (χ3n) is 3.58. The maximum atomic E-state index is 13.4. The molecule has 1 aromatic carbocycles. The van der Waals surface area contributed by atoms with Crippen LogP contribution in [0.25, 0.3) is 0 Å². The lowest BCUT2D eigenvalue weighted by molar-refractivity contribution is 0.0937. The van der Waals surface area contributed by atoms with E-state index in [1.54, 1.807) is 0 Å². The zero-order chi connectivity index (χ0) is 13.8. The summed E-state index contributed by atoms with van der Waals surface area (Å²) in [6.07, 6.45) is 2.14. The normalized spacial score (nSPS) is 19.6. The predicted octanol–water partition coefficient (Wildman–Crippen LogP) is 2.18. The third-order valence-corrected chi connectivity index (χ3v) is 3.58. The fourth-order valence-electron chi connectivity index (χ4n) is 2.52. The van der Waals surface area contributed by atoms with E-state index in [0.717, 1.165) is 44.1 Å². The third kappa shape index (κ3) is 3.29. The zero-order valence-corrected chi connectivity index (χ0v) is 11.0. The van der Waals surface area contributed by atoms with E-state index >= 15 is 0 Å². The van der Waals surface area contributed by atoms with Gasteiger partial charge < -0.3 is 5.32 Å². The SMILES string of the molecule is CCN1CCCC1CNC(=O)c1cc(F)ccc1F. The van der Waals surface area contributed by atoms with Crippen LogP contribution in [0.5, 0.6) is 0 Å². The Morgan fingerprint density at radius 3 is 3.00 bits per heavy atom. The molecular weight excluding hydrogens is 250 g/mol. The number of nitrogens with one attached hydrogen (secondary N) is 1. The van der Waals surface area contributed by atoms with Crippen LogP contribution < -0.4 is 5.32 Å². The fraction of sp³-hybridized carbons (Fsp3) is 0.500. The first-order chi connectivity index (χ1) is 9.11. The summed E-state index contributed by atoms with van der Waals surface area (Å²) in [7, 11) is 0. The smallest absolute Gasteiger partial charge is 0.254 e. The van der Waals surface area contributed by atoms with Gasteiger partial charge in [0.1, 0.15) is 11.6 Å². The summed E-state index contributed by atoms with van der Waals surface area (Å²) >= 11 is 0. The molecule has 0 bridgehead atoms.